The van der Waals surface area contributed by atoms with Crippen LogP contribution < -0.4 is 10.2 Å². The summed E-state index contributed by atoms with van der Waals surface area (Å²) in [6.45, 7) is 5.49. The van der Waals surface area contributed by atoms with E-state index < -0.39 is 22.5 Å². The van der Waals surface area contributed by atoms with Gasteiger partial charge in [0.2, 0.25) is 5.91 Å². The van der Waals surface area contributed by atoms with Gasteiger partial charge in [-0.3, -0.25) is 14.4 Å². The third-order valence-corrected chi connectivity index (χ3v) is 4.04. The van der Waals surface area contributed by atoms with Gasteiger partial charge in [-0.25, -0.2) is 20.2 Å². The summed E-state index contributed by atoms with van der Waals surface area (Å²) in [5.41, 5.74) is 2.86. The van der Waals surface area contributed by atoms with E-state index in [2.05, 4.69) is 33.1 Å². The minimum absolute atomic E-state index is 0.0233. The number of nitrogens with zero attached hydrogens (tertiary/aromatic N) is 4. The van der Waals surface area contributed by atoms with Crippen LogP contribution >= 0.6 is 12.6 Å². The number of hydrogen-bond acceptors (Lipinski definition) is 10. The van der Waals surface area contributed by atoms with Gasteiger partial charge in [-0.05, 0) is 13.3 Å². The number of carbonyl (C=O) groups is 4. The Morgan fingerprint density at radius 1 is 1.23 bits per heavy atom. The number of nitrogens with one attached hydrogen (secondary N) is 1. The first-order chi connectivity index (χ1) is 14.5. The molecule has 1 aliphatic heterocycles. The van der Waals surface area contributed by atoms with Crippen LogP contribution in [-0.4, -0.2) is 55.8 Å². The smallest absolute Gasteiger partial charge is 0.333 e. The number of rotatable bonds is 10. The van der Waals surface area contributed by atoms with Gasteiger partial charge in [-0.2, -0.15) is 17.7 Å². The van der Waals surface area contributed by atoms with E-state index in [1.54, 1.807) is 6.92 Å². The van der Waals surface area contributed by atoms with E-state index in [1.165, 1.54) is 12.4 Å². The number of aromatic nitrogens is 2. The summed E-state index contributed by atoms with van der Waals surface area (Å²) < 4.78 is 5.02. The van der Waals surface area contributed by atoms with E-state index >= 15 is 0 Å². The minimum Gasteiger partial charge on any atom is -0.490 e. The van der Waals surface area contributed by atoms with Crippen LogP contribution in [0.5, 0.6) is 5.75 Å². The van der Waals surface area contributed by atoms with Gasteiger partial charge in [0.1, 0.15) is 5.71 Å². The Hall–Kier alpha value is -3.02. The van der Waals surface area contributed by atoms with Gasteiger partial charge in [-0.1, -0.05) is 13.8 Å². The molecule has 0 bridgehead atoms. The van der Waals surface area contributed by atoms with Crippen molar-refractivity contribution >= 4 is 42.0 Å². The highest BCUT2D eigenvalue weighted by Gasteiger charge is 2.32. The molecule has 1 aromatic rings. The minimum atomic E-state index is -0.686. The first kappa shape index (κ1) is 24.3. The molecule has 0 saturated carbocycles. The van der Waals surface area contributed by atoms with Gasteiger partial charge in [-0.15, -0.1) is 5.06 Å². The summed E-state index contributed by atoms with van der Waals surface area (Å²) in [5.74, 6) is -1.28. The number of amides is 3. The number of hydrazone groups is 1. The molecule has 0 unspecified atom stereocenters. The lowest BCUT2D eigenvalue weighted by atomic mass is 10.1. The molecule has 2 rings (SSSR count). The standard InChI is InChI=1S/C19H25N5O6S/c1-12(22-23-14(25)9-19(2,3)31)18-20-10-13(11-21-18)29-8-4-5-17(28)30-24-15(26)6-7-16(24)27/h10-11,31H,4-9H2,1-3H3,(H,23,25)/b22-12-. The van der Waals surface area contributed by atoms with Crippen LogP contribution in [-0.2, 0) is 24.0 Å². The summed E-state index contributed by atoms with van der Waals surface area (Å²) >= 11 is 4.30. The second-order valence-corrected chi connectivity index (χ2v) is 8.67. The Morgan fingerprint density at radius 3 is 2.42 bits per heavy atom. The summed E-state index contributed by atoms with van der Waals surface area (Å²) in [4.78, 5) is 59.3. The monoisotopic (exact) mass is 451 g/mol. The SMILES string of the molecule is C/C(=N/NC(=O)CC(C)(C)S)c1ncc(OCCCC(=O)ON2C(=O)CCC2=O)cn1. The average Bonchev–Trinajstić information content (AvgIpc) is 3.00. The highest BCUT2D eigenvalue weighted by Crippen LogP contribution is 2.16. The van der Waals surface area contributed by atoms with Crippen molar-refractivity contribution in [3.05, 3.63) is 18.2 Å². The maximum Gasteiger partial charge on any atom is 0.333 e. The molecule has 2 heterocycles. The van der Waals surface area contributed by atoms with Crippen molar-refractivity contribution < 1.29 is 28.8 Å². The van der Waals surface area contributed by atoms with Crippen molar-refractivity contribution in [3.8, 4) is 5.75 Å². The summed E-state index contributed by atoms with van der Waals surface area (Å²) in [7, 11) is 0. The number of ether oxygens (including phenoxy) is 1. The summed E-state index contributed by atoms with van der Waals surface area (Å²) in [5, 5.41) is 4.48. The fourth-order valence-corrected chi connectivity index (χ4v) is 2.56. The van der Waals surface area contributed by atoms with Gasteiger partial charge in [0.05, 0.1) is 25.4 Å². The van der Waals surface area contributed by atoms with E-state index in [-0.39, 0.29) is 38.2 Å². The molecule has 1 aliphatic rings. The Kier molecular flexibility index (Phi) is 8.48. The van der Waals surface area contributed by atoms with Gasteiger partial charge in [0, 0.05) is 24.0 Å². The fourth-order valence-electron chi connectivity index (χ4n) is 2.42. The van der Waals surface area contributed by atoms with Crippen LogP contribution in [0.2, 0.25) is 0 Å². The van der Waals surface area contributed by atoms with Crippen LogP contribution in [0.25, 0.3) is 0 Å². The summed E-state index contributed by atoms with van der Waals surface area (Å²) in [6, 6.07) is 0. The zero-order valence-corrected chi connectivity index (χ0v) is 18.5. The van der Waals surface area contributed by atoms with Crippen molar-refractivity contribution in [3.63, 3.8) is 0 Å². The second-order valence-electron chi connectivity index (χ2n) is 7.46. The molecular weight excluding hydrogens is 426 g/mol. The topological polar surface area (TPSA) is 140 Å². The normalized spacial score (nSPS) is 14.6. The van der Waals surface area contributed by atoms with Gasteiger partial charge >= 0.3 is 5.97 Å². The predicted molar refractivity (Wildman–Crippen MR) is 112 cm³/mol. The molecule has 1 aromatic heterocycles. The van der Waals surface area contributed by atoms with Crippen molar-refractivity contribution in [1.82, 2.24) is 20.5 Å². The second kappa shape index (κ2) is 10.8. The van der Waals surface area contributed by atoms with E-state index in [4.69, 9.17) is 9.57 Å². The third kappa shape index (κ3) is 8.32. The molecule has 0 aliphatic carbocycles. The lowest BCUT2D eigenvalue weighted by molar-refractivity contribution is -0.197. The molecule has 0 atom stereocenters. The van der Waals surface area contributed by atoms with Crippen LogP contribution in [0.4, 0.5) is 0 Å². The Balaban J connectivity index is 1.72. The molecule has 3 amide bonds. The number of imide groups is 1. The van der Waals surface area contributed by atoms with Crippen LogP contribution in [0.1, 0.15) is 58.7 Å². The summed E-state index contributed by atoms with van der Waals surface area (Å²) in [6.07, 6.45) is 3.49. The van der Waals surface area contributed by atoms with Gasteiger partial charge in [0.25, 0.3) is 11.8 Å². The maximum absolute atomic E-state index is 11.8. The molecule has 1 saturated heterocycles. The molecule has 0 spiro atoms. The molecule has 12 heteroatoms. The molecule has 0 aromatic carbocycles. The Morgan fingerprint density at radius 2 is 1.84 bits per heavy atom. The zero-order chi connectivity index (χ0) is 23.0. The first-order valence-electron chi connectivity index (χ1n) is 9.62. The van der Waals surface area contributed by atoms with Crippen LogP contribution in [0, 0.1) is 0 Å². The molecule has 1 N–H and O–H groups in total. The maximum atomic E-state index is 11.8. The third-order valence-electron chi connectivity index (χ3n) is 3.89. The predicted octanol–water partition coefficient (Wildman–Crippen LogP) is 1.18. The van der Waals surface area contributed by atoms with E-state index in [9.17, 15) is 19.2 Å². The van der Waals surface area contributed by atoms with E-state index in [0.29, 0.717) is 28.8 Å². The molecule has 11 nitrogen and oxygen atoms in total. The molecule has 31 heavy (non-hydrogen) atoms. The average molecular weight is 452 g/mol. The lowest BCUT2D eigenvalue weighted by Gasteiger charge is -2.15. The quantitative estimate of drug-likeness (QED) is 0.178. The fraction of sp³-hybridized carbons (Fsp3) is 0.526. The molecule has 1 fully saturated rings. The molecule has 0 radical (unpaired) electrons. The van der Waals surface area contributed by atoms with Gasteiger partial charge < -0.3 is 9.57 Å². The van der Waals surface area contributed by atoms with Crippen molar-refractivity contribution in [2.75, 3.05) is 6.61 Å². The van der Waals surface area contributed by atoms with Crippen molar-refractivity contribution in [1.29, 1.82) is 0 Å². The van der Waals surface area contributed by atoms with E-state index in [0.717, 1.165) is 0 Å². The van der Waals surface area contributed by atoms with Crippen LogP contribution in [0.3, 0.4) is 0 Å². The number of carbonyl (C=O) groups excluding carboxylic acids is 4. The largest absolute Gasteiger partial charge is 0.490 e. The number of thiol groups is 1. The van der Waals surface area contributed by atoms with Crippen molar-refractivity contribution in [2.45, 2.75) is 57.6 Å². The lowest BCUT2D eigenvalue weighted by Crippen LogP contribution is -2.32. The molecule has 168 valence electrons. The highest BCUT2D eigenvalue weighted by atomic mass is 32.1. The Bertz CT molecular complexity index is 850. The number of hydrogen-bond donors (Lipinski definition) is 2. The Labute approximate surface area is 184 Å². The van der Waals surface area contributed by atoms with Crippen molar-refractivity contribution in [2.24, 2.45) is 5.10 Å². The molecular formula is C19H25N5O6S. The zero-order valence-electron chi connectivity index (χ0n) is 17.6. The highest BCUT2D eigenvalue weighted by molar-refractivity contribution is 7.81. The number of hydroxylamine groups is 2. The van der Waals surface area contributed by atoms with Crippen LogP contribution in [0.15, 0.2) is 17.5 Å². The van der Waals surface area contributed by atoms with E-state index in [1.807, 2.05) is 13.8 Å². The van der Waals surface area contributed by atoms with Gasteiger partial charge in [0.15, 0.2) is 11.6 Å². The first-order valence-corrected chi connectivity index (χ1v) is 10.1.